The second-order valence-corrected chi connectivity index (χ2v) is 4.41. The van der Waals surface area contributed by atoms with Crippen molar-refractivity contribution in [2.24, 2.45) is 11.7 Å². The maximum atomic E-state index is 6.08. The number of thioether (sulfide) groups is 1. The maximum absolute atomic E-state index is 6.08. The van der Waals surface area contributed by atoms with Crippen LogP contribution in [0.1, 0.15) is 18.5 Å². The molecule has 0 amide bonds. The average Bonchev–Trinajstić information content (AvgIpc) is 2.12. The summed E-state index contributed by atoms with van der Waals surface area (Å²) in [6.07, 6.45) is 0. The van der Waals surface area contributed by atoms with Crippen LogP contribution in [0.15, 0.2) is 29.2 Å². The van der Waals surface area contributed by atoms with Crippen LogP contribution in [0.4, 0.5) is 0 Å². The summed E-state index contributed by atoms with van der Waals surface area (Å²) in [7, 11) is 0. The molecule has 64 valence electrons. The van der Waals surface area contributed by atoms with Gasteiger partial charge in [-0.05, 0) is 17.5 Å². The monoisotopic (exact) mass is 179 g/mol. The molecule has 1 aliphatic heterocycles. The Labute approximate surface area is 77.3 Å². The first-order chi connectivity index (χ1) is 5.79. The molecule has 1 aliphatic rings. The van der Waals surface area contributed by atoms with Gasteiger partial charge in [-0.15, -0.1) is 11.8 Å². The highest BCUT2D eigenvalue weighted by atomic mass is 32.2. The Kier molecular flexibility index (Phi) is 2.11. The first kappa shape index (κ1) is 8.14. The zero-order valence-electron chi connectivity index (χ0n) is 7.16. The molecule has 0 aliphatic carbocycles. The molecule has 1 nitrogen and oxygen atoms in total. The van der Waals surface area contributed by atoms with Crippen LogP contribution in [0.3, 0.4) is 0 Å². The topological polar surface area (TPSA) is 26.0 Å². The lowest BCUT2D eigenvalue weighted by atomic mass is 9.96. The van der Waals surface area contributed by atoms with Gasteiger partial charge in [-0.2, -0.15) is 0 Å². The number of fused-ring (bicyclic) bond motifs is 1. The van der Waals surface area contributed by atoms with E-state index in [2.05, 4.69) is 31.2 Å². The molecule has 2 unspecified atom stereocenters. The Balaban J connectivity index is 2.42. The molecular weight excluding hydrogens is 166 g/mol. The van der Waals surface area contributed by atoms with Crippen LogP contribution in [0.5, 0.6) is 0 Å². The minimum absolute atomic E-state index is 0.238. The highest BCUT2D eigenvalue weighted by molar-refractivity contribution is 7.99. The van der Waals surface area contributed by atoms with Gasteiger partial charge in [0.2, 0.25) is 0 Å². The van der Waals surface area contributed by atoms with E-state index in [1.165, 1.54) is 10.5 Å². The molecule has 0 spiro atoms. The van der Waals surface area contributed by atoms with Gasteiger partial charge in [0.1, 0.15) is 0 Å². The van der Waals surface area contributed by atoms with Gasteiger partial charge in [-0.1, -0.05) is 25.1 Å². The summed E-state index contributed by atoms with van der Waals surface area (Å²) in [5, 5.41) is 0. The SMILES string of the molecule is CC1CSc2ccccc2C1N. The predicted molar refractivity (Wildman–Crippen MR) is 53.3 cm³/mol. The van der Waals surface area contributed by atoms with Crippen LogP contribution in [-0.2, 0) is 0 Å². The first-order valence-electron chi connectivity index (χ1n) is 4.26. The fourth-order valence-corrected chi connectivity index (χ4v) is 2.71. The zero-order valence-corrected chi connectivity index (χ0v) is 7.97. The molecule has 2 N–H and O–H groups in total. The second kappa shape index (κ2) is 3.11. The van der Waals surface area contributed by atoms with E-state index in [4.69, 9.17) is 5.73 Å². The molecule has 12 heavy (non-hydrogen) atoms. The summed E-state index contributed by atoms with van der Waals surface area (Å²) >= 11 is 1.92. The summed E-state index contributed by atoms with van der Waals surface area (Å²) in [6, 6.07) is 8.68. The second-order valence-electron chi connectivity index (χ2n) is 3.35. The van der Waals surface area contributed by atoms with Crippen LogP contribution in [0, 0.1) is 5.92 Å². The van der Waals surface area contributed by atoms with E-state index in [0.29, 0.717) is 5.92 Å². The molecule has 0 aromatic heterocycles. The average molecular weight is 179 g/mol. The Hall–Kier alpha value is -0.470. The standard InChI is InChI=1S/C10H13NS/c1-7-6-12-9-5-3-2-4-8(9)10(7)11/h2-5,7,10H,6,11H2,1H3. The van der Waals surface area contributed by atoms with Gasteiger partial charge in [0, 0.05) is 16.7 Å². The van der Waals surface area contributed by atoms with Crippen molar-refractivity contribution in [2.45, 2.75) is 17.9 Å². The molecule has 0 bridgehead atoms. The van der Waals surface area contributed by atoms with E-state index >= 15 is 0 Å². The zero-order chi connectivity index (χ0) is 8.55. The molecule has 2 atom stereocenters. The maximum Gasteiger partial charge on any atom is 0.0340 e. The molecule has 1 heterocycles. The van der Waals surface area contributed by atoms with E-state index in [1.807, 2.05) is 11.8 Å². The third-order valence-electron chi connectivity index (χ3n) is 2.39. The van der Waals surface area contributed by atoms with Gasteiger partial charge in [-0.3, -0.25) is 0 Å². The summed E-state index contributed by atoms with van der Waals surface area (Å²) in [4.78, 5) is 1.36. The van der Waals surface area contributed by atoms with Gasteiger partial charge >= 0.3 is 0 Å². The van der Waals surface area contributed by atoms with Gasteiger partial charge in [0.05, 0.1) is 0 Å². The summed E-state index contributed by atoms with van der Waals surface area (Å²) < 4.78 is 0. The third kappa shape index (κ3) is 1.25. The predicted octanol–water partition coefficient (Wildman–Crippen LogP) is 2.43. The van der Waals surface area contributed by atoms with E-state index in [-0.39, 0.29) is 6.04 Å². The number of rotatable bonds is 0. The molecule has 1 aromatic rings. The van der Waals surface area contributed by atoms with Gasteiger partial charge < -0.3 is 5.73 Å². The van der Waals surface area contributed by atoms with Crippen LogP contribution in [0.2, 0.25) is 0 Å². The molecular formula is C10H13NS. The van der Waals surface area contributed by atoms with E-state index in [0.717, 1.165) is 5.75 Å². The highest BCUT2D eigenvalue weighted by Gasteiger charge is 2.22. The molecule has 1 aromatic carbocycles. The molecule has 0 saturated carbocycles. The van der Waals surface area contributed by atoms with Gasteiger partial charge in [0.25, 0.3) is 0 Å². The molecule has 2 rings (SSSR count). The highest BCUT2D eigenvalue weighted by Crippen LogP contribution is 2.37. The number of nitrogens with two attached hydrogens (primary N) is 1. The van der Waals surface area contributed by atoms with E-state index < -0.39 is 0 Å². The molecule has 0 radical (unpaired) electrons. The summed E-state index contributed by atoms with van der Waals surface area (Å²) in [5.74, 6) is 1.75. The van der Waals surface area contributed by atoms with Crippen molar-refractivity contribution in [3.63, 3.8) is 0 Å². The molecule has 0 saturated heterocycles. The molecule has 0 fully saturated rings. The summed E-state index contributed by atoms with van der Waals surface area (Å²) in [6.45, 7) is 2.22. The van der Waals surface area contributed by atoms with Crippen molar-refractivity contribution in [1.82, 2.24) is 0 Å². The minimum Gasteiger partial charge on any atom is -0.324 e. The smallest absolute Gasteiger partial charge is 0.0340 e. The van der Waals surface area contributed by atoms with Crippen molar-refractivity contribution in [2.75, 3.05) is 5.75 Å². The Morgan fingerprint density at radius 1 is 1.42 bits per heavy atom. The number of benzene rings is 1. The van der Waals surface area contributed by atoms with Crippen LogP contribution < -0.4 is 5.73 Å². The van der Waals surface area contributed by atoms with Crippen molar-refractivity contribution in [3.05, 3.63) is 29.8 Å². The Morgan fingerprint density at radius 2 is 2.17 bits per heavy atom. The van der Waals surface area contributed by atoms with Crippen molar-refractivity contribution < 1.29 is 0 Å². The van der Waals surface area contributed by atoms with Crippen LogP contribution >= 0.6 is 11.8 Å². The minimum atomic E-state index is 0.238. The quantitative estimate of drug-likeness (QED) is 0.662. The Bertz CT molecular complexity index is 285. The van der Waals surface area contributed by atoms with Crippen LogP contribution in [0.25, 0.3) is 0 Å². The van der Waals surface area contributed by atoms with Crippen molar-refractivity contribution in [1.29, 1.82) is 0 Å². The van der Waals surface area contributed by atoms with Gasteiger partial charge in [-0.25, -0.2) is 0 Å². The summed E-state index contributed by atoms with van der Waals surface area (Å²) in [5.41, 5.74) is 7.40. The number of hydrogen-bond donors (Lipinski definition) is 1. The van der Waals surface area contributed by atoms with Crippen molar-refractivity contribution >= 4 is 11.8 Å². The fraction of sp³-hybridized carbons (Fsp3) is 0.400. The van der Waals surface area contributed by atoms with Gasteiger partial charge in [0.15, 0.2) is 0 Å². The lowest BCUT2D eigenvalue weighted by Gasteiger charge is -2.27. The third-order valence-corrected chi connectivity index (χ3v) is 3.77. The fourth-order valence-electron chi connectivity index (χ4n) is 1.52. The molecule has 2 heteroatoms. The van der Waals surface area contributed by atoms with Crippen molar-refractivity contribution in [3.8, 4) is 0 Å². The van der Waals surface area contributed by atoms with Crippen LogP contribution in [-0.4, -0.2) is 5.75 Å². The first-order valence-corrected chi connectivity index (χ1v) is 5.25. The largest absolute Gasteiger partial charge is 0.324 e. The van der Waals surface area contributed by atoms with E-state index in [9.17, 15) is 0 Å². The number of hydrogen-bond acceptors (Lipinski definition) is 2. The Morgan fingerprint density at radius 3 is 3.00 bits per heavy atom. The lowest BCUT2D eigenvalue weighted by molar-refractivity contribution is 0.507. The normalized spacial score (nSPS) is 28.2. The van der Waals surface area contributed by atoms with E-state index in [1.54, 1.807) is 0 Å². The lowest BCUT2D eigenvalue weighted by Crippen LogP contribution is -2.24.